The molecule has 0 aliphatic heterocycles. The van der Waals surface area contributed by atoms with Gasteiger partial charge in [0.25, 0.3) is 10.0 Å². The number of aryl methyl sites for hydroxylation is 2. The van der Waals surface area contributed by atoms with E-state index in [0.717, 1.165) is 21.9 Å². The van der Waals surface area contributed by atoms with Crippen LogP contribution >= 0.6 is 11.6 Å². The van der Waals surface area contributed by atoms with E-state index < -0.39 is 28.5 Å². The minimum Gasteiger partial charge on any atom is -0.354 e. The molecule has 0 aromatic heterocycles. The molecule has 0 saturated heterocycles. The Kier molecular flexibility index (Phi) is 9.94. The summed E-state index contributed by atoms with van der Waals surface area (Å²) in [5.74, 6) is -0.848. The van der Waals surface area contributed by atoms with Crippen LogP contribution in [-0.4, -0.2) is 44.3 Å². The molecule has 0 aliphatic carbocycles. The van der Waals surface area contributed by atoms with Crippen molar-refractivity contribution in [1.82, 2.24) is 10.2 Å². The van der Waals surface area contributed by atoms with E-state index in [2.05, 4.69) is 5.32 Å². The smallest absolute Gasteiger partial charge is 0.264 e. The first-order valence-electron chi connectivity index (χ1n) is 12.5. The number of carbonyl (C=O) groups is 2. The summed E-state index contributed by atoms with van der Waals surface area (Å²) in [7, 11) is -4.10. The fourth-order valence-electron chi connectivity index (χ4n) is 4.13. The first kappa shape index (κ1) is 29.2. The summed E-state index contributed by atoms with van der Waals surface area (Å²) < 4.78 is 28.8. The van der Waals surface area contributed by atoms with Crippen molar-refractivity contribution in [2.24, 2.45) is 0 Å². The van der Waals surface area contributed by atoms with Gasteiger partial charge < -0.3 is 10.2 Å². The van der Waals surface area contributed by atoms with Gasteiger partial charge in [-0.15, -0.1) is 0 Å². The maximum atomic E-state index is 13.9. The van der Waals surface area contributed by atoms with Crippen LogP contribution in [0.3, 0.4) is 0 Å². The number of hydrogen-bond acceptors (Lipinski definition) is 4. The maximum absolute atomic E-state index is 13.9. The minimum atomic E-state index is -4.10. The molecular weight excluding hydrogens is 522 g/mol. The molecule has 3 aromatic carbocycles. The van der Waals surface area contributed by atoms with Gasteiger partial charge in [-0.05, 0) is 74.2 Å². The Balaban J connectivity index is 2.05. The molecule has 0 heterocycles. The number of nitrogens with one attached hydrogen (secondary N) is 1. The third kappa shape index (κ3) is 7.14. The largest absolute Gasteiger partial charge is 0.354 e. The van der Waals surface area contributed by atoms with E-state index >= 15 is 0 Å². The van der Waals surface area contributed by atoms with Crippen molar-refractivity contribution in [3.8, 4) is 0 Å². The minimum absolute atomic E-state index is 0.0469. The Labute approximate surface area is 230 Å². The van der Waals surface area contributed by atoms with Crippen LogP contribution in [0.4, 0.5) is 5.69 Å². The Morgan fingerprint density at radius 3 is 2.16 bits per heavy atom. The number of anilines is 1. The van der Waals surface area contributed by atoms with Crippen molar-refractivity contribution < 1.29 is 18.0 Å². The molecule has 3 rings (SSSR count). The van der Waals surface area contributed by atoms with E-state index in [9.17, 15) is 18.0 Å². The van der Waals surface area contributed by atoms with Gasteiger partial charge >= 0.3 is 0 Å². The van der Waals surface area contributed by atoms with E-state index in [4.69, 9.17) is 11.6 Å². The SMILES string of the molecule is CCCNC(=O)[C@H](C)N(Cc1ccccc1Cl)C(=O)CN(c1cc(C)cc(C)c1)S(=O)(=O)c1ccccc1. The Morgan fingerprint density at radius 1 is 0.947 bits per heavy atom. The zero-order valence-electron chi connectivity index (χ0n) is 22.1. The van der Waals surface area contributed by atoms with Crippen LogP contribution < -0.4 is 9.62 Å². The molecule has 0 saturated carbocycles. The molecular formula is C29H34ClN3O4S. The fourth-order valence-corrected chi connectivity index (χ4v) is 5.75. The van der Waals surface area contributed by atoms with Gasteiger partial charge in [-0.2, -0.15) is 0 Å². The van der Waals surface area contributed by atoms with Crippen LogP contribution in [0.2, 0.25) is 5.02 Å². The predicted octanol–water partition coefficient (Wildman–Crippen LogP) is 5.10. The third-order valence-corrected chi connectivity index (χ3v) is 8.28. The lowest BCUT2D eigenvalue weighted by Crippen LogP contribution is -2.51. The summed E-state index contributed by atoms with van der Waals surface area (Å²) in [5.41, 5.74) is 2.75. The number of carbonyl (C=O) groups excluding carboxylic acids is 2. The van der Waals surface area contributed by atoms with Gasteiger partial charge in [-0.1, -0.05) is 61.0 Å². The number of nitrogens with zero attached hydrogens (tertiary/aromatic N) is 2. The standard InChI is InChI=1S/C29H34ClN3O4S/c1-5-15-31-29(35)23(4)32(19-24-11-9-10-14-27(24)30)28(34)20-33(25-17-21(2)16-22(3)18-25)38(36,37)26-12-7-6-8-13-26/h6-14,16-18,23H,5,15,19-20H2,1-4H3,(H,31,35)/t23-/m0/s1. The Hall–Kier alpha value is -3.36. The molecule has 1 atom stereocenters. The van der Waals surface area contributed by atoms with Crippen LogP contribution in [0.1, 0.15) is 37.0 Å². The van der Waals surface area contributed by atoms with Gasteiger partial charge in [0, 0.05) is 18.1 Å². The summed E-state index contributed by atoms with van der Waals surface area (Å²) >= 11 is 6.39. The highest BCUT2D eigenvalue weighted by Crippen LogP contribution is 2.27. The highest BCUT2D eigenvalue weighted by Gasteiger charge is 2.32. The summed E-state index contributed by atoms with van der Waals surface area (Å²) in [6.07, 6.45) is 0.743. The summed E-state index contributed by atoms with van der Waals surface area (Å²) in [6.45, 7) is 7.33. The van der Waals surface area contributed by atoms with Crippen molar-refractivity contribution in [2.45, 2.75) is 51.6 Å². The predicted molar refractivity (Wildman–Crippen MR) is 152 cm³/mol. The molecule has 38 heavy (non-hydrogen) atoms. The highest BCUT2D eigenvalue weighted by molar-refractivity contribution is 7.92. The molecule has 0 unspecified atom stereocenters. The average molecular weight is 556 g/mol. The van der Waals surface area contributed by atoms with Crippen LogP contribution in [0.15, 0.2) is 77.7 Å². The summed E-state index contributed by atoms with van der Waals surface area (Å²) in [4.78, 5) is 28.3. The Morgan fingerprint density at radius 2 is 1.55 bits per heavy atom. The molecule has 0 bridgehead atoms. The normalized spacial score (nSPS) is 12.0. The Bertz CT molecular complexity index is 1360. The third-order valence-electron chi connectivity index (χ3n) is 6.12. The molecule has 0 fully saturated rings. The first-order valence-corrected chi connectivity index (χ1v) is 14.3. The lowest BCUT2D eigenvalue weighted by Gasteiger charge is -2.32. The number of amides is 2. The van der Waals surface area contributed by atoms with Crippen molar-refractivity contribution in [3.63, 3.8) is 0 Å². The van der Waals surface area contributed by atoms with Crippen LogP contribution in [-0.2, 0) is 26.2 Å². The zero-order chi connectivity index (χ0) is 27.9. The molecule has 0 spiro atoms. The second-order valence-electron chi connectivity index (χ2n) is 9.25. The summed E-state index contributed by atoms with van der Waals surface area (Å²) in [5, 5.41) is 3.28. The topological polar surface area (TPSA) is 86.8 Å². The molecule has 2 amide bonds. The maximum Gasteiger partial charge on any atom is 0.264 e. The number of sulfonamides is 1. The van der Waals surface area contributed by atoms with Crippen molar-refractivity contribution in [3.05, 3.63) is 94.5 Å². The van der Waals surface area contributed by atoms with E-state index in [1.165, 1.54) is 17.0 Å². The van der Waals surface area contributed by atoms with Crippen LogP contribution in [0.5, 0.6) is 0 Å². The average Bonchev–Trinajstić information content (AvgIpc) is 2.89. The number of rotatable bonds is 11. The molecule has 0 radical (unpaired) electrons. The molecule has 7 nitrogen and oxygen atoms in total. The molecule has 9 heteroatoms. The van der Waals surface area contributed by atoms with E-state index in [1.54, 1.807) is 61.5 Å². The highest BCUT2D eigenvalue weighted by atomic mass is 35.5. The van der Waals surface area contributed by atoms with Gasteiger partial charge in [0.1, 0.15) is 12.6 Å². The lowest BCUT2D eigenvalue weighted by atomic mass is 10.1. The van der Waals surface area contributed by atoms with Gasteiger partial charge in [-0.3, -0.25) is 13.9 Å². The second kappa shape index (κ2) is 12.9. The number of benzene rings is 3. The van der Waals surface area contributed by atoms with Gasteiger partial charge in [-0.25, -0.2) is 8.42 Å². The van der Waals surface area contributed by atoms with Crippen molar-refractivity contribution in [2.75, 3.05) is 17.4 Å². The molecule has 3 aromatic rings. The van der Waals surface area contributed by atoms with Gasteiger partial charge in [0.15, 0.2) is 0 Å². The molecule has 202 valence electrons. The van der Waals surface area contributed by atoms with Gasteiger partial charge in [0.2, 0.25) is 11.8 Å². The number of hydrogen-bond donors (Lipinski definition) is 1. The number of halogens is 1. The monoisotopic (exact) mass is 555 g/mol. The fraction of sp³-hybridized carbons (Fsp3) is 0.310. The van der Waals surface area contributed by atoms with Crippen molar-refractivity contribution >= 4 is 39.1 Å². The van der Waals surface area contributed by atoms with E-state index in [1.807, 2.05) is 26.8 Å². The van der Waals surface area contributed by atoms with Crippen molar-refractivity contribution in [1.29, 1.82) is 0 Å². The summed E-state index contributed by atoms with van der Waals surface area (Å²) in [6, 6.07) is 19.6. The molecule has 1 N–H and O–H groups in total. The van der Waals surface area contributed by atoms with Crippen LogP contribution in [0.25, 0.3) is 0 Å². The van der Waals surface area contributed by atoms with Gasteiger partial charge in [0.05, 0.1) is 10.6 Å². The van der Waals surface area contributed by atoms with Crippen LogP contribution in [0, 0.1) is 13.8 Å². The molecule has 0 aliphatic rings. The quantitative estimate of drug-likeness (QED) is 0.357. The van der Waals surface area contributed by atoms with E-state index in [0.29, 0.717) is 22.8 Å². The van der Waals surface area contributed by atoms with E-state index in [-0.39, 0.29) is 17.3 Å². The second-order valence-corrected chi connectivity index (χ2v) is 11.5. The zero-order valence-corrected chi connectivity index (χ0v) is 23.7. The lowest BCUT2D eigenvalue weighted by molar-refractivity contribution is -0.139. The first-order chi connectivity index (χ1) is 18.0.